The summed E-state index contributed by atoms with van der Waals surface area (Å²) in [5.74, 6) is -0.536. The van der Waals surface area contributed by atoms with Gasteiger partial charge in [0.05, 0.1) is 12.1 Å². The van der Waals surface area contributed by atoms with Gasteiger partial charge in [0.1, 0.15) is 0 Å². The normalized spacial score (nSPS) is 10.0. The second-order valence-corrected chi connectivity index (χ2v) is 4.55. The molecular weight excluding hydrogens is 298 g/mol. The molecule has 1 aromatic rings. The zero-order valence-electron chi connectivity index (χ0n) is 11.6. The number of hydrogen-bond acceptors (Lipinski definition) is 5. The van der Waals surface area contributed by atoms with E-state index in [9.17, 15) is 9.59 Å². The number of primary amides is 1. The van der Waals surface area contributed by atoms with Crippen LogP contribution in [-0.2, 0) is 4.79 Å². The molecule has 0 spiro atoms. The summed E-state index contributed by atoms with van der Waals surface area (Å²) in [5.41, 5.74) is 10.7. The molecule has 1 aromatic carbocycles. The number of methoxy groups -OCH3 is 1. The standard InChI is InChI=1S/C13H18ClN3O4/c1-20-10-6-8(13(19)17-4-2-3-15)5-9(14)12(10)21-7-11(16)18/h5-6H,2-4,7,15H2,1H3,(H2,16,18)(H,17,19). The minimum atomic E-state index is -0.642. The van der Waals surface area contributed by atoms with E-state index < -0.39 is 5.91 Å². The maximum atomic E-state index is 11.9. The highest BCUT2D eigenvalue weighted by molar-refractivity contribution is 6.32. The third-order valence-electron chi connectivity index (χ3n) is 2.52. The molecule has 0 saturated heterocycles. The summed E-state index contributed by atoms with van der Waals surface area (Å²) in [5, 5.41) is 2.85. The van der Waals surface area contributed by atoms with Crippen molar-refractivity contribution in [3.8, 4) is 11.5 Å². The van der Waals surface area contributed by atoms with Crippen LogP contribution in [0.15, 0.2) is 12.1 Å². The maximum absolute atomic E-state index is 11.9. The Morgan fingerprint density at radius 1 is 1.38 bits per heavy atom. The van der Waals surface area contributed by atoms with Crippen LogP contribution >= 0.6 is 11.6 Å². The van der Waals surface area contributed by atoms with Crippen LogP contribution in [0.2, 0.25) is 5.02 Å². The first kappa shape index (κ1) is 17.1. The fourth-order valence-corrected chi connectivity index (χ4v) is 1.81. The van der Waals surface area contributed by atoms with E-state index in [0.717, 1.165) is 0 Å². The number of carbonyl (C=O) groups excluding carboxylic acids is 2. The second-order valence-electron chi connectivity index (χ2n) is 4.14. The maximum Gasteiger partial charge on any atom is 0.255 e. The van der Waals surface area contributed by atoms with Gasteiger partial charge in [0.15, 0.2) is 18.1 Å². The lowest BCUT2D eigenvalue weighted by molar-refractivity contribution is -0.119. The third kappa shape index (κ3) is 5.13. The lowest BCUT2D eigenvalue weighted by atomic mass is 10.2. The van der Waals surface area contributed by atoms with Crippen molar-refractivity contribution in [1.82, 2.24) is 5.32 Å². The molecule has 21 heavy (non-hydrogen) atoms. The van der Waals surface area contributed by atoms with Crippen molar-refractivity contribution in [2.24, 2.45) is 11.5 Å². The summed E-state index contributed by atoms with van der Waals surface area (Å²) in [6, 6.07) is 2.90. The first-order valence-corrected chi connectivity index (χ1v) is 6.64. The summed E-state index contributed by atoms with van der Waals surface area (Å²) < 4.78 is 10.3. The summed E-state index contributed by atoms with van der Waals surface area (Å²) in [7, 11) is 1.40. The SMILES string of the molecule is COc1cc(C(=O)NCCCN)cc(Cl)c1OCC(N)=O. The van der Waals surface area contributed by atoms with Crippen molar-refractivity contribution in [3.63, 3.8) is 0 Å². The molecule has 0 saturated carbocycles. The molecule has 1 rings (SSSR count). The highest BCUT2D eigenvalue weighted by atomic mass is 35.5. The molecule has 7 nitrogen and oxygen atoms in total. The lowest BCUT2D eigenvalue weighted by Crippen LogP contribution is -2.26. The van der Waals surface area contributed by atoms with Gasteiger partial charge in [-0.15, -0.1) is 0 Å². The van der Waals surface area contributed by atoms with Gasteiger partial charge in [0.2, 0.25) is 0 Å². The highest BCUT2D eigenvalue weighted by Crippen LogP contribution is 2.36. The minimum Gasteiger partial charge on any atom is -0.493 e. The number of hydrogen-bond donors (Lipinski definition) is 3. The zero-order valence-corrected chi connectivity index (χ0v) is 12.4. The van der Waals surface area contributed by atoms with Crippen LogP contribution in [0.4, 0.5) is 0 Å². The monoisotopic (exact) mass is 315 g/mol. The van der Waals surface area contributed by atoms with Crippen molar-refractivity contribution in [2.45, 2.75) is 6.42 Å². The summed E-state index contributed by atoms with van der Waals surface area (Å²) >= 11 is 6.05. The van der Waals surface area contributed by atoms with E-state index in [-0.39, 0.29) is 29.0 Å². The second kappa shape index (κ2) is 8.33. The molecule has 0 aliphatic rings. The Balaban J connectivity index is 2.92. The molecule has 0 aliphatic heterocycles. The summed E-state index contributed by atoms with van der Waals surface area (Å²) in [4.78, 5) is 22.7. The van der Waals surface area contributed by atoms with Crippen molar-refractivity contribution < 1.29 is 19.1 Å². The zero-order chi connectivity index (χ0) is 15.8. The summed E-state index contributed by atoms with van der Waals surface area (Å²) in [6.45, 7) is 0.623. The molecule has 0 fully saturated rings. The largest absolute Gasteiger partial charge is 0.493 e. The molecule has 0 aliphatic carbocycles. The average Bonchev–Trinajstić information content (AvgIpc) is 2.45. The number of nitrogens with two attached hydrogens (primary N) is 2. The van der Waals surface area contributed by atoms with Gasteiger partial charge in [0.25, 0.3) is 11.8 Å². The van der Waals surface area contributed by atoms with Gasteiger partial charge in [-0.25, -0.2) is 0 Å². The number of carbonyl (C=O) groups is 2. The molecule has 0 heterocycles. The smallest absolute Gasteiger partial charge is 0.255 e. The molecule has 0 unspecified atom stereocenters. The highest BCUT2D eigenvalue weighted by Gasteiger charge is 2.16. The van der Waals surface area contributed by atoms with Crippen LogP contribution < -0.4 is 26.3 Å². The lowest BCUT2D eigenvalue weighted by Gasteiger charge is -2.13. The predicted octanol–water partition coefficient (Wildman–Crippen LogP) is 0.291. The Morgan fingerprint density at radius 2 is 2.10 bits per heavy atom. The quantitative estimate of drug-likeness (QED) is 0.596. The van der Waals surface area contributed by atoms with E-state index in [1.54, 1.807) is 0 Å². The molecule has 0 radical (unpaired) electrons. The fourth-order valence-electron chi connectivity index (χ4n) is 1.54. The molecular formula is C13H18ClN3O4. The fraction of sp³-hybridized carbons (Fsp3) is 0.385. The van der Waals surface area contributed by atoms with Gasteiger partial charge in [-0.05, 0) is 25.1 Å². The van der Waals surface area contributed by atoms with Crippen molar-refractivity contribution in [2.75, 3.05) is 26.8 Å². The van der Waals surface area contributed by atoms with Crippen LogP contribution in [0.1, 0.15) is 16.8 Å². The Hall–Kier alpha value is -1.99. The van der Waals surface area contributed by atoms with Crippen LogP contribution in [-0.4, -0.2) is 38.6 Å². The number of halogens is 1. The Bertz CT molecular complexity index is 522. The first-order valence-electron chi connectivity index (χ1n) is 6.26. The number of ether oxygens (including phenoxy) is 2. The molecule has 2 amide bonds. The molecule has 8 heteroatoms. The Labute approximate surface area is 127 Å². The van der Waals surface area contributed by atoms with Crippen LogP contribution in [0.5, 0.6) is 11.5 Å². The van der Waals surface area contributed by atoms with Gasteiger partial charge in [0, 0.05) is 12.1 Å². The molecule has 0 atom stereocenters. The Kier molecular flexibility index (Phi) is 6.77. The van der Waals surface area contributed by atoms with Crippen molar-refractivity contribution in [3.05, 3.63) is 22.7 Å². The first-order chi connectivity index (χ1) is 9.99. The van der Waals surface area contributed by atoms with Gasteiger partial charge in [-0.2, -0.15) is 0 Å². The molecule has 0 bridgehead atoms. The molecule has 5 N–H and O–H groups in total. The van der Waals surface area contributed by atoms with Crippen molar-refractivity contribution >= 4 is 23.4 Å². The van der Waals surface area contributed by atoms with E-state index in [4.69, 9.17) is 32.5 Å². The minimum absolute atomic E-state index is 0.152. The van der Waals surface area contributed by atoms with Crippen molar-refractivity contribution in [1.29, 1.82) is 0 Å². The Morgan fingerprint density at radius 3 is 2.67 bits per heavy atom. The number of nitrogens with one attached hydrogen (secondary N) is 1. The van der Waals surface area contributed by atoms with E-state index in [0.29, 0.717) is 25.1 Å². The van der Waals surface area contributed by atoms with Gasteiger partial charge < -0.3 is 26.3 Å². The third-order valence-corrected chi connectivity index (χ3v) is 2.80. The van der Waals surface area contributed by atoms with Crippen LogP contribution in [0, 0.1) is 0 Å². The van der Waals surface area contributed by atoms with E-state index in [1.165, 1.54) is 19.2 Å². The number of benzene rings is 1. The number of rotatable bonds is 8. The van der Waals surface area contributed by atoms with E-state index in [1.807, 2.05) is 0 Å². The van der Waals surface area contributed by atoms with Crippen LogP contribution in [0.25, 0.3) is 0 Å². The average molecular weight is 316 g/mol. The molecule has 116 valence electrons. The van der Waals surface area contributed by atoms with Gasteiger partial charge >= 0.3 is 0 Å². The van der Waals surface area contributed by atoms with Crippen LogP contribution in [0.3, 0.4) is 0 Å². The van der Waals surface area contributed by atoms with Gasteiger partial charge in [-0.3, -0.25) is 9.59 Å². The van der Waals surface area contributed by atoms with E-state index >= 15 is 0 Å². The summed E-state index contributed by atoms with van der Waals surface area (Å²) in [6.07, 6.45) is 0.677. The molecule has 0 aromatic heterocycles. The topological polar surface area (TPSA) is 117 Å². The predicted molar refractivity (Wildman–Crippen MR) is 78.7 cm³/mol. The van der Waals surface area contributed by atoms with Gasteiger partial charge in [-0.1, -0.05) is 11.6 Å². The number of amides is 2. The van der Waals surface area contributed by atoms with E-state index in [2.05, 4.69) is 5.32 Å².